The standard InChI is InChI=1S/C14H16F2O/c1-3-10(4-2)7-13(17)8-11-5-6-12(15)9-14(11)16/h5-7,9H,3-4,8H2,1-2H3. The van der Waals surface area contributed by atoms with Gasteiger partial charge in [0.2, 0.25) is 0 Å². The Morgan fingerprint density at radius 3 is 2.41 bits per heavy atom. The third-order valence-corrected chi connectivity index (χ3v) is 2.65. The predicted octanol–water partition coefficient (Wildman–Crippen LogP) is 3.82. The van der Waals surface area contributed by atoms with Gasteiger partial charge >= 0.3 is 0 Å². The summed E-state index contributed by atoms with van der Waals surface area (Å²) in [5.41, 5.74) is 1.27. The number of ketones is 1. The molecule has 0 aromatic heterocycles. The fourth-order valence-corrected chi connectivity index (χ4v) is 1.59. The quantitative estimate of drug-likeness (QED) is 0.713. The van der Waals surface area contributed by atoms with Crippen LogP contribution in [0, 0.1) is 11.6 Å². The summed E-state index contributed by atoms with van der Waals surface area (Å²) in [7, 11) is 0. The van der Waals surface area contributed by atoms with Crippen molar-refractivity contribution >= 4 is 5.78 Å². The topological polar surface area (TPSA) is 17.1 Å². The van der Waals surface area contributed by atoms with Crippen LogP contribution in [-0.2, 0) is 11.2 Å². The van der Waals surface area contributed by atoms with Crippen molar-refractivity contribution in [3.8, 4) is 0 Å². The summed E-state index contributed by atoms with van der Waals surface area (Å²) in [4.78, 5) is 11.6. The molecule has 0 aliphatic heterocycles. The molecule has 17 heavy (non-hydrogen) atoms. The van der Waals surface area contributed by atoms with Crippen LogP contribution in [0.5, 0.6) is 0 Å². The number of allylic oxidation sites excluding steroid dienone is 2. The Morgan fingerprint density at radius 2 is 1.88 bits per heavy atom. The van der Waals surface area contributed by atoms with E-state index in [2.05, 4.69) is 0 Å². The molecule has 0 heterocycles. The molecule has 0 saturated carbocycles. The molecule has 1 nitrogen and oxygen atoms in total. The molecule has 0 amide bonds. The van der Waals surface area contributed by atoms with E-state index in [-0.39, 0.29) is 17.8 Å². The van der Waals surface area contributed by atoms with Gasteiger partial charge in [0, 0.05) is 12.5 Å². The van der Waals surface area contributed by atoms with Gasteiger partial charge in [0.15, 0.2) is 5.78 Å². The molecule has 0 N–H and O–H groups in total. The zero-order valence-corrected chi connectivity index (χ0v) is 10.1. The molecule has 0 radical (unpaired) electrons. The highest BCUT2D eigenvalue weighted by Gasteiger charge is 2.08. The van der Waals surface area contributed by atoms with Gasteiger partial charge in [-0.15, -0.1) is 0 Å². The second-order valence-electron chi connectivity index (χ2n) is 3.89. The zero-order valence-electron chi connectivity index (χ0n) is 10.1. The van der Waals surface area contributed by atoms with Crippen LogP contribution in [0.15, 0.2) is 29.8 Å². The van der Waals surface area contributed by atoms with Crippen LogP contribution in [0.25, 0.3) is 0 Å². The van der Waals surface area contributed by atoms with Gasteiger partial charge in [-0.3, -0.25) is 4.79 Å². The van der Waals surface area contributed by atoms with E-state index in [0.717, 1.165) is 30.5 Å². The summed E-state index contributed by atoms with van der Waals surface area (Å²) in [5.74, 6) is -1.44. The van der Waals surface area contributed by atoms with Gasteiger partial charge in [0.05, 0.1) is 0 Å². The Labute approximate surface area is 100 Å². The van der Waals surface area contributed by atoms with Crippen molar-refractivity contribution in [3.63, 3.8) is 0 Å². The van der Waals surface area contributed by atoms with E-state index in [9.17, 15) is 13.6 Å². The lowest BCUT2D eigenvalue weighted by molar-refractivity contribution is -0.114. The maximum atomic E-state index is 13.3. The molecular weight excluding hydrogens is 222 g/mol. The molecule has 0 aliphatic carbocycles. The van der Waals surface area contributed by atoms with E-state index in [0.29, 0.717) is 0 Å². The van der Waals surface area contributed by atoms with E-state index in [4.69, 9.17) is 0 Å². The third-order valence-electron chi connectivity index (χ3n) is 2.65. The number of benzene rings is 1. The van der Waals surface area contributed by atoms with Gasteiger partial charge in [-0.1, -0.05) is 25.5 Å². The first-order valence-corrected chi connectivity index (χ1v) is 5.73. The zero-order chi connectivity index (χ0) is 12.8. The summed E-state index contributed by atoms with van der Waals surface area (Å²) in [5, 5.41) is 0. The Bertz CT molecular complexity index is 430. The fraction of sp³-hybridized carbons (Fsp3) is 0.357. The highest BCUT2D eigenvalue weighted by Crippen LogP contribution is 2.12. The Kier molecular flexibility index (Phi) is 5.01. The van der Waals surface area contributed by atoms with E-state index in [1.54, 1.807) is 6.08 Å². The van der Waals surface area contributed by atoms with Crippen molar-refractivity contribution in [1.29, 1.82) is 0 Å². The van der Waals surface area contributed by atoms with Crippen LogP contribution in [0.4, 0.5) is 8.78 Å². The monoisotopic (exact) mass is 238 g/mol. The largest absolute Gasteiger partial charge is 0.294 e. The molecule has 0 saturated heterocycles. The molecule has 0 fully saturated rings. The minimum absolute atomic E-state index is 0.0182. The number of hydrogen-bond acceptors (Lipinski definition) is 1. The lowest BCUT2D eigenvalue weighted by Crippen LogP contribution is -2.02. The molecule has 0 unspecified atom stereocenters. The number of hydrogen-bond donors (Lipinski definition) is 0. The van der Waals surface area contributed by atoms with Crippen molar-refractivity contribution in [3.05, 3.63) is 47.0 Å². The average molecular weight is 238 g/mol. The SMILES string of the molecule is CCC(=CC(=O)Cc1ccc(F)cc1F)CC. The Morgan fingerprint density at radius 1 is 1.24 bits per heavy atom. The average Bonchev–Trinajstić information content (AvgIpc) is 2.29. The Hall–Kier alpha value is -1.51. The number of carbonyl (C=O) groups is 1. The number of rotatable bonds is 5. The van der Waals surface area contributed by atoms with E-state index < -0.39 is 11.6 Å². The van der Waals surface area contributed by atoms with Gasteiger partial charge in [0.1, 0.15) is 11.6 Å². The first-order valence-electron chi connectivity index (χ1n) is 5.73. The van der Waals surface area contributed by atoms with Crippen LogP contribution in [0.3, 0.4) is 0 Å². The summed E-state index contributed by atoms with van der Waals surface area (Å²) >= 11 is 0. The van der Waals surface area contributed by atoms with Crippen LogP contribution in [0.2, 0.25) is 0 Å². The van der Waals surface area contributed by atoms with E-state index >= 15 is 0 Å². The van der Waals surface area contributed by atoms with Crippen LogP contribution < -0.4 is 0 Å². The molecule has 1 aromatic carbocycles. The van der Waals surface area contributed by atoms with E-state index in [1.165, 1.54) is 6.07 Å². The first kappa shape index (κ1) is 13.6. The van der Waals surface area contributed by atoms with E-state index in [1.807, 2.05) is 13.8 Å². The summed E-state index contributed by atoms with van der Waals surface area (Å²) in [6.07, 6.45) is 3.17. The molecule has 0 bridgehead atoms. The minimum atomic E-state index is -0.665. The number of carbonyl (C=O) groups excluding carboxylic acids is 1. The molecular formula is C14H16F2O. The van der Waals surface area contributed by atoms with Crippen molar-refractivity contribution in [2.75, 3.05) is 0 Å². The first-order chi connectivity index (χ1) is 8.06. The highest BCUT2D eigenvalue weighted by molar-refractivity contribution is 5.92. The second kappa shape index (κ2) is 6.28. The fourth-order valence-electron chi connectivity index (χ4n) is 1.59. The second-order valence-corrected chi connectivity index (χ2v) is 3.89. The molecule has 0 aliphatic rings. The molecule has 92 valence electrons. The molecule has 3 heteroatoms. The maximum Gasteiger partial charge on any atom is 0.160 e. The van der Waals surface area contributed by atoms with Gasteiger partial charge in [-0.05, 0) is 30.5 Å². The predicted molar refractivity (Wildman–Crippen MR) is 63.7 cm³/mol. The maximum absolute atomic E-state index is 13.3. The van der Waals surface area contributed by atoms with Crippen molar-refractivity contribution in [2.45, 2.75) is 33.1 Å². The van der Waals surface area contributed by atoms with Gasteiger partial charge in [0.25, 0.3) is 0 Å². The van der Waals surface area contributed by atoms with Crippen molar-refractivity contribution in [1.82, 2.24) is 0 Å². The summed E-state index contributed by atoms with van der Waals surface area (Å²) in [6.45, 7) is 3.95. The summed E-state index contributed by atoms with van der Waals surface area (Å²) in [6, 6.07) is 3.27. The van der Waals surface area contributed by atoms with Crippen LogP contribution >= 0.6 is 0 Å². The minimum Gasteiger partial charge on any atom is -0.294 e. The molecule has 1 aromatic rings. The molecule has 1 rings (SSSR count). The highest BCUT2D eigenvalue weighted by atomic mass is 19.1. The van der Waals surface area contributed by atoms with Crippen molar-refractivity contribution in [2.24, 2.45) is 0 Å². The van der Waals surface area contributed by atoms with Crippen LogP contribution in [-0.4, -0.2) is 5.78 Å². The lowest BCUT2D eigenvalue weighted by atomic mass is 10.0. The Balaban J connectivity index is 2.78. The lowest BCUT2D eigenvalue weighted by Gasteiger charge is -2.02. The van der Waals surface area contributed by atoms with Crippen LogP contribution in [0.1, 0.15) is 32.3 Å². The molecule has 0 spiro atoms. The summed E-state index contributed by atoms with van der Waals surface area (Å²) < 4.78 is 26.0. The molecule has 0 atom stereocenters. The third kappa shape index (κ3) is 4.10. The smallest absolute Gasteiger partial charge is 0.160 e. The normalized spacial score (nSPS) is 10.1. The van der Waals surface area contributed by atoms with Gasteiger partial charge < -0.3 is 0 Å². The van der Waals surface area contributed by atoms with Gasteiger partial charge in [-0.25, -0.2) is 8.78 Å². The van der Waals surface area contributed by atoms with Crippen molar-refractivity contribution < 1.29 is 13.6 Å². The van der Waals surface area contributed by atoms with Gasteiger partial charge in [-0.2, -0.15) is 0 Å². The number of halogens is 2.